The highest BCUT2D eigenvalue weighted by Crippen LogP contribution is 2.26. The second-order valence-electron chi connectivity index (χ2n) is 3.86. The van der Waals surface area contributed by atoms with E-state index >= 15 is 0 Å². The summed E-state index contributed by atoms with van der Waals surface area (Å²) in [4.78, 5) is 4.12. The van der Waals surface area contributed by atoms with Crippen LogP contribution in [-0.2, 0) is 10.2 Å². The van der Waals surface area contributed by atoms with Crippen LogP contribution < -0.4 is 0 Å². The van der Waals surface area contributed by atoms with E-state index in [1.165, 1.54) is 26.6 Å². The fourth-order valence-corrected chi connectivity index (χ4v) is 2.69. The van der Waals surface area contributed by atoms with E-state index in [0.717, 1.165) is 18.3 Å². The van der Waals surface area contributed by atoms with Gasteiger partial charge in [-0.2, -0.15) is 12.7 Å². The molecule has 0 aliphatic carbocycles. The Hall–Kier alpha value is -1.18. The molecule has 0 fully saturated rings. The Morgan fingerprint density at radius 3 is 2.56 bits per heavy atom. The van der Waals surface area contributed by atoms with Crippen LogP contribution >= 0.6 is 15.9 Å². The van der Waals surface area contributed by atoms with Gasteiger partial charge in [0.1, 0.15) is 6.33 Å². The Balaban J connectivity index is 2.47. The summed E-state index contributed by atoms with van der Waals surface area (Å²) < 4.78 is 26.9. The summed E-state index contributed by atoms with van der Waals surface area (Å²) in [5, 5.41) is 0. The van der Waals surface area contributed by atoms with Gasteiger partial charge >= 0.3 is 10.2 Å². The van der Waals surface area contributed by atoms with Crippen LogP contribution in [0, 0.1) is 0 Å². The lowest BCUT2D eigenvalue weighted by Crippen LogP contribution is -2.27. The maximum atomic E-state index is 11.9. The molecule has 0 amide bonds. The molecule has 1 heterocycles. The Morgan fingerprint density at radius 2 is 1.94 bits per heavy atom. The van der Waals surface area contributed by atoms with Crippen molar-refractivity contribution in [2.24, 2.45) is 0 Å². The standard InChI is InChI=1S/C11H12BrN3O2S/c1-14(2)18(16,17)15-7-11(13-8-15)9-5-3-4-6-10(9)12/h3-8H,1-2H3. The zero-order valence-corrected chi connectivity index (χ0v) is 12.3. The fraction of sp³-hybridized carbons (Fsp3) is 0.182. The quantitative estimate of drug-likeness (QED) is 0.865. The Labute approximate surface area is 114 Å². The van der Waals surface area contributed by atoms with Crippen LogP contribution in [-0.4, -0.2) is 35.8 Å². The molecule has 0 bridgehead atoms. The monoisotopic (exact) mass is 329 g/mol. The zero-order valence-electron chi connectivity index (χ0n) is 9.91. The van der Waals surface area contributed by atoms with Crippen molar-refractivity contribution >= 4 is 26.1 Å². The van der Waals surface area contributed by atoms with Crippen molar-refractivity contribution < 1.29 is 8.42 Å². The second kappa shape index (κ2) is 4.83. The van der Waals surface area contributed by atoms with E-state index in [2.05, 4.69) is 20.9 Å². The predicted molar refractivity (Wildman–Crippen MR) is 73.4 cm³/mol. The van der Waals surface area contributed by atoms with Crippen LogP contribution in [0.4, 0.5) is 0 Å². The number of hydrogen-bond acceptors (Lipinski definition) is 3. The first-order valence-corrected chi connectivity index (χ1v) is 7.34. The third kappa shape index (κ3) is 2.33. The molecule has 0 atom stereocenters. The molecule has 0 N–H and O–H groups in total. The smallest absolute Gasteiger partial charge is 0.236 e. The van der Waals surface area contributed by atoms with Crippen molar-refractivity contribution in [3.05, 3.63) is 41.3 Å². The Bertz CT molecular complexity index is 664. The van der Waals surface area contributed by atoms with Crippen molar-refractivity contribution in [2.45, 2.75) is 0 Å². The van der Waals surface area contributed by atoms with Crippen LogP contribution in [0.25, 0.3) is 11.3 Å². The Morgan fingerprint density at radius 1 is 1.28 bits per heavy atom. The van der Waals surface area contributed by atoms with E-state index in [-0.39, 0.29) is 0 Å². The highest BCUT2D eigenvalue weighted by Gasteiger charge is 2.17. The van der Waals surface area contributed by atoms with Gasteiger partial charge in [0.05, 0.1) is 5.69 Å². The van der Waals surface area contributed by atoms with Gasteiger partial charge < -0.3 is 0 Å². The van der Waals surface area contributed by atoms with Crippen molar-refractivity contribution in [3.8, 4) is 11.3 Å². The number of aromatic nitrogens is 2. The maximum absolute atomic E-state index is 11.9. The lowest BCUT2D eigenvalue weighted by atomic mass is 10.2. The third-order valence-electron chi connectivity index (χ3n) is 2.44. The van der Waals surface area contributed by atoms with Crippen molar-refractivity contribution in [1.29, 1.82) is 0 Å². The normalized spacial score (nSPS) is 12.0. The van der Waals surface area contributed by atoms with Crippen molar-refractivity contribution in [2.75, 3.05) is 14.1 Å². The molecular weight excluding hydrogens is 318 g/mol. The fourth-order valence-electron chi connectivity index (χ4n) is 1.43. The number of benzene rings is 1. The van der Waals surface area contributed by atoms with E-state index < -0.39 is 10.2 Å². The van der Waals surface area contributed by atoms with E-state index in [4.69, 9.17) is 0 Å². The summed E-state index contributed by atoms with van der Waals surface area (Å²) in [5.74, 6) is 0. The number of hydrogen-bond donors (Lipinski definition) is 0. The first-order chi connectivity index (χ1) is 8.43. The average molecular weight is 330 g/mol. The molecule has 0 spiro atoms. The predicted octanol–water partition coefficient (Wildman–Crippen LogP) is 1.97. The molecule has 0 radical (unpaired) electrons. The molecule has 0 saturated carbocycles. The third-order valence-corrected chi connectivity index (χ3v) is 4.78. The van der Waals surface area contributed by atoms with Crippen molar-refractivity contribution in [1.82, 2.24) is 13.3 Å². The molecular formula is C11H12BrN3O2S. The SMILES string of the molecule is CN(C)S(=O)(=O)n1cnc(-c2ccccc2Br)c1. The molecule has 7 heteroatoms. The highest BCUT2D eigenvalue weighted by atomic mass is 79.9. The van der Waals surface area contributed by atoms with Gasteiger partial charge in [0.15, 0.2) is 0 Å². The van der Waals surface area contributed by atoms with Gasteiger partial charge in [-0.05, 0) is 6.07 Å². The number of rotatable bonds is 3. The van der Waals surface area contributed by atoms with Crippen LogP contribution in [0.2, 0.25) is 0 Å². The van der Waals surface area contributed by atoms with Gasteiger partial charge in [-0.25, -0.2) is 8.96 Å². The molecule has 2 rings (SSSR count). The maximum Gasteiger partial charge on any atom is 0.308 e. The average Bonchev–Trinajstić information content (AvgIpc) is 2.79. The van der Waals surface area contributed by atoms with Gasteiger partial charge in [-0.1, -0.05) is 34.1 Å². The summed E-state index contributed by atoms with van der Waals surface area (Å²) in [6, 6.07) is 7.52. The number of nitrogens with zero attached hydrogens (tertiary/aromatic N) is 3. The number of halogens is 1. The first kappa shape index (κ1) is 13.3. The lowest BCUT2D eigenvalue weighted by molar-refractivity contribution is 0.510. The highest BCUT2D eigenvalue weighted by molar-refractivity contribution is 9.10. The molecule has 0 aliphatic heterocycles. The Kier molecular flexibility index (Phi) is 3.56. The summed E-state index contributed by atoms with van der Waals surface area (Å²) in [6.45, 7) is 0. The molecule has 1 aromatic carbocycles. The number of imidazole rings is 1. The molecule has 5 nitrogen and oxygen atoms in total. The van der Waals surface area contributed by atoms with Gasteiger partial charge in [0.25, 0.3) is 0 Å². The zero-order chi connectivity index (χ0) is 13.3. The molecule has 0 saturated heterocycles. The van der Waals surface area contributed by atoms with Crippen molar-refractivity contribution in [3.63, 3.8) is 0 Å². The summed E-state index contributed by atoms with van der Waals surface area (Å²) in [6.07, 6.45) is 2.79. The minimum absolute atomic E-state index is 0.605. The second-order valence-corrected chi connectivity index (χ2v) is 6.76. The van der Waals surface area contributed by atoms with Gasteiger partial charge in [-0.3, -0.25) is 0 Å². The van der Waals surface area contributed by atoms with Gasteiger partial charge in [0, 0.05) is 30.3 Å². The summed E-state index contributed by atoms with van der Waals surface area (Å²) in [7, 11) is -0.546. The van der Waals surface area contributed by atoms with Crippen LogP contribution in [0.15, 0.2) is 41.3 Å². The van der Waals surface area contributed by atoms with E-state index in [1.807, 2.05) is 24.3 Å². The molecule has 18 heavy (non-hydrogen) atoms. The minimum atomic E-state index is -3.50. The van der Waals surface area contributed by atoms with Crippen LogP contribution in [0.1, 0.15) is 0 Å². The van der Waals surface area contributed by atoms with E-state index in [0.29, 0.717) is 5.69 Å². The largest absolute Gasteiger partial charge is 0.308 e. The molecule has 0 aliphatic rings. The topological polar surface area (TPSA) is 55.2 Å². The van der Waals surface area contributed by atoms with E-state index in [1.54, 1.807) is 0 Å². The minimum Gasteiger partial charge on any atom is -0.236 e. The summed E-state index contributed by atoms with van der Waals surface area (Å²) in [5.41, 5.74) is 1.46. The van der Waals surface area contributed by atoms with Crippen LogP contribution in [0.5, 0.6) is 0 Å². The van der Waals surface area contributed by atoms with E-state index in [9.17, 15) is 8.42 Å². The lowest BCUT2D eigenvalue weighted by Gasteiger charge is -2.10. The molecule has 96 valence electrons. The summed E-state index contributed by atoms with van der Waals surface area (Å²) >= 11 is 3.41. The van der Waals surface area contributed by atoms with Crippen LogP contribution in [0.3, 0.4) is 0 Å². The molecule has 0 unspecified atom stereocenters. The van der Waals surface area contributed by atoms with Gasteiger partial charge in [-0.15, -0.1) is 0 Å². The van der Waals surface area contributed by atoms with Gasteiger partial charge in [0.2, 0.25) is 0 Å². The molecule has 2 aromatic rings. The molecule has 1 aromatic heterocycles. The first-order valence-electron chi connectivity index (χ1n) is 5.15.